The largest absolute Gasteiger partial charge is 0.369 e. The summed E-state index contributed by atoms with van der Waals surface area (Å²) in [7, 11) is 3.47. The number of nitrogens with zero attached hydrogens (tertiary/aromatic N) is 3. The molecule has 1 aromatic carbocycles. The highest BCUT2D eigenvalue weighted by Crippen LogP contribution is 2.19. The Labute approximate surface area is 149 Å². The first-order valence-electron chi connectivity index (χ1n) is 7.36. The van der Waals surface area contributed by atoms with Crippen molar-refractivity contribution < 1.29 is 4.79 Å². The van der Waals surface area contributed by atoms with Gasteiger partial charge in [0.05, 0.1) is 3.57 Å². The van der Waals surface area contributed by atoms with Gasteiger partial charge >= 0.3 is 0 Å². The number of carbonyl (C=O) groups is 1. The van der Waals surface area contributed by atoms with E-state index in [4.69, 9.17) is 0 Å². The van der Waals surface area contributed by atoms with Crippen molar-refractivity contribution in [3.8, 4) is 0 Å². The van der Waals surface area contributed by atoms with E-state index in [0.29, 0.717) is 11.5 Å². The van der Waals surface area contributed by atoms with E-state index >= 15 is 0 Å². The molecule has 23 heavy (non-hydrogen) atoms. The molecule has 7 heteroatoms. The third-order valence-electron chi connectivity index (χ3n) is 3.08. The number of anilines is 3. The molecule has 1 amide bonds. The molecule has 2 rings (SSSR count). The predicted molar refractivity (Wildman–Crippen MR) is 101 cm³/mol. The van der Waals surface area contributed by atoms with Crippen molar-refractivity contribution in [3.63, 3.8) is 0 Å². The Kier molecular flexibility index (Phi) is 6.14. The molecule has 2 N–H and O–H groups in total. The van der Waals surface area contributed by atoms with Crippen LogP contribution in [0.4, 0.5) is 17.5 Å². The number of hydrogen-bond acceptors (Lipinski definition) is 5. The normalized spacial score (nSPS) is 10.3. The number of hydrogen-bond donors (Lipinski definition) is 2. The zero-order valence-electron chi connectivity index (χ0n) is 13.4. The fourth-order valence-corrected chi connectivity index (χ4v) is 2.33. The van der Waals surface area contributed by atoms with E-state index in [1.165, 1.54) is 0 Å². The molecule has 0 bridgehead atoms. The van der Waals surface area contributed by atoms with Gasteiger partial charge in [-0.3, -0.25) is 4.79 Å². The molecular formula is C16H20IN5O. The fraction of sp³-hybridized carbons (Fsp3) is 0.312. The minimum Gasteiger partial charge on any atom is -0.369 e. The van der Waals surface area contributed by atoms with Crippen LogP contribution in [0, 0.1) is 3.57 Å². The zero-order valence-corrected chi connectivity index (χ0v) is 15.6. The van der Waals surface area contributed by atoms with Gasteiger partial charge in [0, 0.05) is 38.1 Å². The van der Waals surface area contributed by atoms with Crippen LogP contribution < -0.4 is 10.6 Å². The van der Waals surface area contributed by atoms with Crippen molar-refractivity contribution in [1.29, 1.82) is 0 Å². The summed E-state index contributed by atoms with van der Waals surface area (Å²) in [5.74, 6) is 1.33. The molecule has 0 spiro atoms. The topological polar surface area (TPSA) is 70.2 Å². The van der Waals surface area contributed by atoms with Gasteiger partial charge in [0.15, 0.2) is 0 Å². The number of carbonyl (C=O) groups excluding carboxylic acids is 1. The molecule has 2 aromatic rings. The van der Waals surface area contributed by atoms with Crippen LogP contribution >= 0.6 is 22.6 Å². The Balaban J connectivity index is 2.11. The maximum Gasteiger partial charge on any atom is 0.253 e. The quantitative estimate of drug-likeness (QED) is 0.695. The summed E-state index contributed by atoms with van der Waals surface area (Å²) in [6.07, 6.45) is 2.81. The van der Waals surface area contributed by atoms with E-state index in [-0.39, 0.29) is 5.91 Å². The highest BCUT2D eigenvalue weighted by Gasteiger charge is 2.08. The highest BCUT2D eigenvalue weighted by molar-refractivity contribution is 14.1. The number of benzene rings is 1. The summed E-state index contributed by atoms with van der Waals surface area (Å²) >= 11 is 2.21. The molecule has 0 fully saturated rings. The van der Waals surface area contributed by atoms with E-state index < -0.39 is 0 Å². The summed E-state index contributed by atoms with van der Waals surface area (Å²) in [5.41, 5.74) is 1.48. The van der Waals surface area contributed by atoms with Gasteiger partial charge in [0.1, 0.15) is 5.82 Å². The van der Waals surface area contributed by atoms with E-state index in [2.05, 4.69) is 50.1 Å². The number of halogens is 1. The summed E-state index contributed by atoms with van der Waals surface area (Å²) < 4.78 is 0.980. The molecule has 0 unspecified atom stereocenters. The van der Waals surface area contributed by atoms with Crippen molar-refractivity contribution in [2.45, 2.75) is 13.3 Å². The van der Waals surface area contributed by atoms with Crippen molar-refractivity contribution >= 4 is 46.0 Å². The van der Waals surface area contributed by atoms with Gasteiger partial charge in [-0.05, 0) is 53.3 Å². The molecule has 0 aliphatic rings. The van der Waals surface area contributed by atoms with Crippen LogP contribution in [-0.2, 0) is 0 Å². The Morgan fingerprint density at radius 1 is 1.26 bits per heavy atom. The first-order chi connectivity index (χ1) is 11.0. The van der Waals surface area contributed by atoms with Crippen molar-refractivity contribution in [1.82, 2.24) is 14.9 Å². The third kappa shape index (κ3) is 4.78. The summed E-state index contributed by atoms with van der Waals surface area (Å²) in [6.45, 7) is 2.98. The minimum atomic E-state index is -0.0203. The maximum atomic E-state index is 11.9. The van der Waals surface area contributed by atoms with Gasteiger partial charge in [0.2, 0.25) is 5.95 Å². The number of rotatable bonds is 6. The summed E-state index contributed by atoms with van der Waals surface area (Å²) in [5, 5.41) is 6.43. The number of aromatic nitrogens is 2. The lowest BCUT2D eigenvalue weighted by Crippen LogP contribution is -2.21. The van der Waals surface area contributed by atoms with Crippen LogP contribution in [0.3, 0.4) is 0 Å². The second kappa shape index (κ2) is 8.09. The summed E-state index contributed by atoms with van der Waals surface area (Å²) in [6, 6.07) is 7.26. The SMILES string of the molecule is CCCNc1nc(Nc2ccc(C(=O)N(C)C)cc2)ncc1I. The summed E-state index contributed by atoms with van der Waals surface area (Å²) in [4.78, 5) is 22.2. The second-order valence-corrected chi connectivity index (χ2v) is 6.38. The molecule has 0 atom stereocenters. The smallest absolute Gasteiger partial charge is 0.253 e. The van der Waals surface area contributed by atoms with Gasteiger partial charge in [-0.1, -0.05) is 6.92 Å². The zero-order chi connectivity index (χ0) is 16.8. The molecule has 1 heterocycles. The van der Waals surface area contributed by atoms with Crippen LogP contribution in [-0.4, -0.2) is 41.4 Å². The predicted octanol–water partition coefficient (Wildman–Crippen LogP) is 3.35. The number of amides is 1. The molecule has 1 aromatic heterocycles. The van der Waals surface area contributed by atoms with Gasteiger partial charge < -0.3 is 15.5 Å². The van der Waals surface area contributed by atoms with Crippen LogP contribution in [0.25, 0.3) is 0 Å². The lowest BCUT2D eigenvalue weighted by atomic mass is 10.2. The maximum absolute atomic E-state index is 11.9. The lowest BCUT2D eigenvalue weighted by Gasteiger charge is -2.12. The highest BCUT2D eigenvalue weighted by atomic mass is 127. The van der Waals surface area contributed by atoms with Crippen LogP contribution in [0.1, 0.15) is 23.7 Å². The average molecular weight is 425 g/mol. The van der Waals surface area contributed by atoms with Gasteiger partial charge in [0.25, 0.3) is 5.91 Å². The van der Waals surface area contributed by atoms with Crippen molar-refractivity contribution in [2.24, 2.45) is 0 Å². The fourth-order valence-electron chi connectivity index (χ4n) is 1.88. The standard InChI is InChI=1S/C16H20IN5O/c1-4-9-18-14-13(17)10-19-16(21-14)20-12-7-5-11(6-8-12)15(23)22(2)3/h5-8,10H,4,9H2,1-3H3,(H2,18,19,20,21). The molecule has 0 aliphatic heterocycles. The van der Waals surface area contributed by atoms with Crippen LogP contribution in [0.15, 0.2) is 30.5 Å². The molecule has 0 radical (unpaired) electrons. The molecule has 0 saturated heterocycles. The van der Waals surface area contributed by atoms with Crippen molar-refractivity contribution in [3.05, 3.63) is 39.6 Å². The Hall–Kier alpha value is -1.90. The van der Waals surface area contributed by atoms with Crippen molar-refractivity contribution in [2.75, 3.05) is 31.3 Å². The second-order valence-electron chi connectivity index (χ2n) is 5.22. The molecule has 0 saturated carbocycles. The first-order valence-corrected chi connectivity index (χ1v) is 8.44. The van der Waals surface area contributed by atoms with Gasteiger partial charge in [-0.15, -0.1) is 0 Å². The van der Waals surface area contributed by atoms with E-state index in [9.17, 15) is 4.79 Å². The van der Waals surface area contributed by atoms with Gasteiger partial charge in [-0.2, -0.15) is 4.98 Å². The van der Waals surface area contributed by atoms with E-state index in [1.54, 1.807) is 37.3 Å². The van der Waals surface area contributed by atoms with E-state index in [0.717, 1.165) is 28.0 Å². The van der Waals surface area contributed by atoms with Crippen LogP contribution in [0.2, 0.25) is 0 Å². The minimum absolute atomic E-state index is 0.0203. The third-order valence-corrected chi connectivity index (χ3v) is 3.87. The average Bonchev–Trinajstić information content (AvgIpc) is 2.55. The molecular weight excluding hydrogens is 405 g/mol. The first kappa shape index (κ1) is 17.5. The molecule has 122 valence electrons. The number of nitrogens with one attached hydrogen (secondary N) is 2. The Bertz CT molecular complexity index is 673. The lowest BCUT2D eigenvalue weighted by molar-refractivity contribution is 0.0827. The Morgan fingerprint density at radius 3 is 2.57 bits per heavy atom. The van der Waals surface area contributed by atoms with Gasteiger partial charge in [-0.25, -0.2) is 4.98 Å². The molecule has 6 nitrogen and oxygen atoms in total. The van der Waals surface area contributed by atoms with Crippen LogP contribution in [0.5, 0.6) is 0 Å². The molecule has 0 aliphatic carbocycles. The van der Waals surface area contributed by atoms with E-state index in [1.807, 2.05) is 12.1 Å². The monoisotopic (exact) mass is 425 g/mol. The Morgan fingerprint density at radius 2 is 1.96 bits per heavy atom.